The van der Waals surface area contributed by atoms with Crippen molar-refractivity contribution in [3.05, 3.63) is 36.2 Å². The predicted molar refractivity (Wildman–Crippen MR) is 107 cm³/mol. The van der Waals surface area contributed by atoms with Crippen molar-refractivity contribution in [3.8, 4) is 11.4 Å². The number of carbonyl (C=O) groups excluding carboxylic acids is 1. The Hall–Kier alpha value is -2.87. The van der Waals surface area contributed by atoms with Crippen LogP contribution in [-0.4, -0.2) is 61.4 Å². The van der Waals surface area contributed by atoms with E-state index in [1.165, 1.54) is 36.0 Å². The molecule has 2 rings (SSSR count). The number of alkyl halides is 3. The number of thioether (sulfide) groups is 1. The summed E-state index contributed by atoms with van der Waals surface area (Å²) in [6.45, 7) is -0.515. The molecule has 0 aliphatic rings. The summed E-state index contributed by atoms with van der Waals surface area (Å²) in [5, 5.41) is 13.2. The first-order valence-corrected chi connectivity index (χ1v) is 11.6. The van der Waals surface area contributed by atoms with E-state index in [4.69, 9.17) is 14.7 Å². The first-order chi connectivity index (χ1) is 14.4. The molecule has 0 saturated carbocycles. The predicted octanol–water partition coefficient (Wildman–Crippen LogP) is 2.52. The van der Waals surface area contributed by atoms with E-state index in [1.54, 1.807) is 6.26 Å². The lowest BCUT2D eigenvalue weighted by atomic mass is 10.2. The van der Waals surface area contributed by atoms with Gasteiger partial charge in [0.2, 0.25) is 5.82 Å². The van der Waals surface area contributed by atoms with Gasteiger partial charge in [-0.3, -0.25) is 10.2 Å². The van der Waals surface area contributed by atoms with Gasteiger partial charge in [-0.25, -0.2) is 8.42 Å². The van der Waals surface area contributed by atoms with Crippen LogP contribution in [0, 0.1) is 5.41 Å². The van der Waals surface area contributed by atoms with Crippen LogP contribution in [0.3, 0.4) is 0 Å². The summed E-state index contributed by atoms with van der Waals surface area (Å²) in [5.41, 5.74) is -1.91. The first-order valence-electron chi connectivity index (χ1n) is 8.32. The lowest BCUT2D eigenvalue weighted by molar-refractivity contribution is -0.140. The van der Waals surface area contributed by atoms with Crippen LogP contribution >= 0.6 is 11.8 Å². The highest BCUT2D eigenvalue weighted by Gasteiger charge is 2.33. The van der Waals surface area contributed by atoms with Crippen LogP contribution in [0.25, 0.3) is 17.1 Å². The average Bonchev–Trinajstić information content (AvgIpc) is 3.18. The molecule has 0 fully saturated rings. The summed E-state index contributed by atoms with van der Waals surface area (Å²) in [5.74, 6) is -1.23. The Labute approximate surface area is 179 Å². The number of benzene rings is 1. The fraction of sp³-hybridized carbons (Fsp3) is 0.294. The van der Waals surface area contributed by atoms with Crippen molar-refractivity contribution >= 4 is 39.0 Å². The molecule has 1 aromatic carbocycles. The molecular weight excluding hydrogens is 461 g/mol. The number of aromatic nitrogens is 2. The molecule has 0 amide bonds. The zero-order chi connectivity index (χ0) is 23.2. The van der Waals surface area contributed by atoms with Gasteiger partial charge in [0.15, 0.2) is 9.84 Å². The van der Waals surface area contributed by atoms with Crippen molar-refractivity contribution in [2.45, 2.75) is 11.1 Å². The van der Waals surface area contributed by atoms with Crippen LogP contribution in [0.4, 0.5) is 13.2 Å². The lowest BCUT2D eigenvalue weighted by Gasteiger charge is -2.09. The average molecular weight is 478 g/mol. The highest BCUT2D eigenvalue weighted by Crippen LogP contribution is 2.23. The summed E-state index contributed by atoms with van der Waals surface area (Å²) in [6, 6.07) is 5.56. The molecule has 0 radical (unpaired) electrons. The Morgan fingerprint density at radius 3 is 2.71 bits per heavy atom. The molecule has 0 unspecified atom stereocenters. The van der Waals surface area contributed by atoms with Crippen molar-refractivity contribution in [1.82, 2.24) is 15.5 Å². The van der Waals surface area contributed by atoms with Gasteiger partial charge in [0.1, 0.15) is 23.9 Å². The standard InChI is InChI=1S/C17H17F3N4O5S2/c1-30-9-28-14(25)8-22-12(7-13(21)17(18,19)20)16-23-15(24-29-16)10-4-3-5-11(6-10)31(2,26)27/h3-7,21-22H,8-9H2,1-2H3/b12-7-,21-13?. The molecule has 9 nitrogen and oxygen atoms in total. The topological polar surface area (TPSA) is 135 Å². The van der Waals surface area contributed by atoms with Gasteiger partial charge in [-0.1, -0.05) is 17.3 Å². The van der Waals surface area contributed by atoms with Crippen LogP contribution in [0.2, 0.25) is 0 Å². The minimum absolute atomic E-state index is 0.0133. The number of sulfone groups is 1. The molecule has 31 heavy (non-hydrogen) atoms. The van der Waals surface area contributed by atoms with E-state index < -0.39 is 45.8 Å². The second kappa shape index (κ2) is 9.96. The first kappa shape index (κ1) is 24.4. The number of nitrogens with zero attached hydrogens (tertiary/aromatic N) is 2. The van der Waals surface area contributed by atoms with E-state index in [-0.39, 0.29) is 22.2 Å². The molecule has 2 N–H and O–H groups in total. The molecule has 0 aliphatic carbocycles. The van der Waals surface area contributed by atoms with Gasteiger partial charge in [0.05, 0.1) is 4.90 Å². The highest BCUT2D eigenvalue weighted by atomic mass is 32.2. The van der Waals surface area contributed by atoms with E-state index in [0.717, 1.165) is 6.26 Å². The largest absolute Gasteiger partial charge is 0.453 e. The van der Waals surface area contributed by atoms with Gasteiger partial charge in [-0.2, -0.15) is 18.2 Å². The summed E-state index contributed by atoms with van der Waals surface area (Å²) in [6.07, 6.45) is -1.85. The minimum atomic E-state index is -4.95. The third-order valence-corrected chi connectivity index (χ3v) is 5.00. The molecule has 0 bridgehead atoms. The molecule has 0 aliphatic heterocycles. The van der Waals surface area contributed by atoms with Gasteiger partial charge in [-0.15, -0.1) is 11.8 Å². The van der Waals surface area contributed by atoms with Crippen molar-refractivity contribution in [2.24, 2.45) is 0 Å². The number of ether oxygens (including phenoxy) is 1. The van der Waals surface area contributed by atoms with Crippen LogP contribution < -0.4 is 5.32 Å². The van der Waals surface area contributed by atoms with Crippen LogP contribution in [0.15, 0.2) is 39.8 Å². The van der Waals surface area contributed by atoms with Gasteiger partial charge >= 0.3 is 12.1 Å². The van der Waals surface area contributed by atoms with Crippen molar-refractivity contribution in [1.29, 1.82) is 5.41 Å². The fourth-order valence-electron chi connectivity index (χ4n) is 2.07. The van der Waals surface area contributed by atoms with Crippen molar-refractivity contribution in [3.63, 3.8) is 0 Å². The van der Waals surface area contributed by atoms with Gasteiger partial charge in [0.25, 0.3) is 5.89 Å². The molecular formula is C17H17F3N4O5S2. The summed E-state index contributed by atoms with van der Waals surface area (Å²) >= 11 is 1.23. The van der Waals surface area contributed by atoms with Crippen LogP contribution in [-0.2, 0) is 19.4 Å². The second-order valence-electron chi connectivity index (χ2n) is 5.97. The molecule has 1 aromatic heterocycles. The summed E-state index contributed by atoms with van der Waals surface area (Å²) in [7, 11) is -3.52. The van der Waals surface area contributed by atoms with Gasteiger partial charge in [0, 0.05) is 11.8 Å². The number of hydrogen-bond acceptors (Lipinski definition) is 10. The molecule has 0 saturated heterocycles. The SMILES string of the molecule is CSCOC(=O)CN/C(=C\C(=N)C(F)(F)F)c1nc(-c2cccc(S(C)(=O)=O)c2)no1. The maximum atomic E-state index is 12.8. The Morgan fingerprint density at radius 1 is 1.39 bits per heavy atom. The maximum absolute atomic E-state index is 12.8. The van der Waals surface area contributed by atoms with Gasteiger partial charge < -0.3 is 14.6 Å². The zero-order valence-electron chi connectivity index (χ0n) is 16.2. The molecule has 1 heterocycles. The number of carbonyl (C=O) groups is 1. The monoisotopic (exact) mass is 478 g/mol. The summed E-state index contributed by atoms with van der Waals surface area (Å²) in [4.78, 5) is 15.6. The van der Waals surface area contributed by atoms with Gasteiger partial charge in [-0.05, 0) is 24.5 Å². The summed E-state index contributed by atoms with van der Waals surface area (Å²) < 4.78 is 71.6. The van der Waals surface area contributed by atoms with Crippen LogP contribution in [0.5, 0.6) is 0 Å². The molecule has 0 atom stereocenters. The maximum Gasteiger partial charge on any atom is 0.432 e. The normalized spacial score (nSPS) is 12.5. The van der Waals surface area contributed by atoms with Crippen molar-refractivity contribution in [2.75, 3.05) is 25.0 Å². The Kier molecular flexibility index (Phi) is 7.84. The molecule has 0 spiro atoms. The zero-order valence-corrected chi connectivity index (χ0v) is 17.8. The van der Waals surface area contributed by atoms with Crippen molar-refractivity contribution < 1.29 is 35.6 Å². The number of allylic oxidation sites excluding steroid dienone is 1. The number of esters is 1. The van der Waals surface area contributed by atoms with E-state index in [1.807, 2.05) is 0 Å². The highest BCUT2D eigenvalue weighted by molar-refractivity contribution is 7.98. The van der Waals surface area contributed by atoms with E-state index >= 15 is 0 Å². The molecule has 2 aromatic rings. The number of hydrogen-bond donors (Lipinski definition) is 2. The second-order valence-corrected chi connectivity index (χ2v) is 8.80. The third kappa shape index (κ3) is 7.10. The quantitative estimate of drug-likeness (QED) is 0.317. The van der Waals surface area contributed by atoms with E-state index in [2.05, 4.69) is 15.5 Å². The Morgan fingerprint density at radius 2 is 2.10 bits per heavy atom. The Balaban J connectivity index is 2.35. The fourth-order valence-corrected chi connectivity index (χ4v) is 2.99. The number of nitrogens with one attached hydrogen (secondary N) is 2. The van der Waals surface area contributed by atoms with E-state index in [0.29, 0.717) is 6.08 Å². The number of halogens is 3. The smallest absolute Gasteiger partial charge is 0.432 e. The third-order valence-electron chi connectivity index (χ3n) is 3.53. The number of rotatable bonds is 9. The molecule has 14 heteroatoms. The minimum Gasteiger partial charge on any atom is -0.453 e. The Bertz CT molecular complexity index is 1100. The lowest BCUT2D eigenvalue weighted by Crippen LogP contribution is -2.26. The van der Waals surface area contributed by atoms with E-state index in [9.17, 15) is 26.4 Å². The van der Waals surface area contributed by atoms with Crippen LogP contribution in [0.1, 0.15) is 5.89 Å². The molecule has 168 valence electrons.